The number of hydrogen-bond donors (Lipinski definition) is 2. The minimum atomic E-state index is -0.207. The van der Waals surface area contributed by atoms with E-state index in [4.69, 9.17) is 4.74 Å². The van der Waals surface area contributed by atoms with Crippen LogP contribution in [0, 0.1) is 6.92 Å². The predicted octanol–water partition coefficient (Wildman–Crippen LogP) is 4.39. The van der Waals surface area contributed by atoms with Crippen LogP contribution in [0.2, 0.25) is 0 Å². The Bertz CT molecular complexity index is 893. The highest BCUT2D eigenvalue weighted by molar-refractivity contribution is 6.04. The maximum atomic E-state index is 12.4. The van der Waals surface area contributed by atoms with Gasteiger partial charge in [0.05, 0.1) is 30.2 Å². The van der Waals surface area contributed by atoms with Crippen molar-refractivity contribution in [1.29, 1.82) is 0 Å². The number of methoxy groups -OCH3 is 1. The van der Waals surface area contributed by atoms with E-state index in [1.165, 1.54) is 0 Å². The Hall–Kier alpha value is -3.34. The van der Waals surface area contributed by atoms with Crippen LogP contribution in [-0.2, 0) is 0 Å². The van der Waals surface area contributed by atoms with Crippen LogP contribution in [-0.4, -0.2) is 18.0 Å². The quantitative estimate of drug-likeness (QED) is 0.727. The number of para-hydroxylation sites is 2. The van der Waals surface area contributed by atoms with Crippen molar-refractivity contribution < 1.29 is 9.53 Å². The second-order valence-electron chi connectivity index (χ2n) is 5.61. The van der Waals surface area contributed by atoms with Gasteiger partial charge in [-0.3, -0.25) is 9.78 Å². The maximum absolute atomic E-state index is 12.4. The zero-order chi connectivity index (χ0) is 17.6. The molecule has 2 aromatic carbocycles. The summed E-state index contributed by atoms with van der Waals surface area (Å²) >= 11 is 0. The molecule has 0 spiro atoms. The average Bonchev–Trinajstić information content (AvgIpc) is 2.62. The summed E-state index contributed by atoms with van der Waals surface area (Å²) in [5.74, 6) is 0.513. The first-order chi connectivity index (χ1) is 12.2. The zero-order valence-corrected chi connectivity index (χ0v) is 14.1. The highest BCUT2D eigenvalue weighted by atomic mass is 16.5. The molecule has 0 atom stereocenters. The highest BCUT2D eigenvalue weighted by Gasteiger charge is 2.09. The predicted molar refractivity (Wildman–Crippen MR) is 99.6 cm³/mol. The molecule has 0 radical (unpaired) electrons. The Morgan fingerprint density at radius 2 is 1.84 bits per heavy atom. The number of nitrogens with one attached hydrogen (secondary N) is 2. The number of hydrogen-bond acceptors (Lipinski definition) is 4. The van der Waals surface area contributed by atoms with Crippen LogP contribution in [0.3, 0.4) is 0 Å². The molecule has 3 aromatic rings. The molecule has 0 aliphatic heterocycles. The monoisotopic (exact) mass is 333 g/mol. The summed E-state index contributed by atoms with van der Waals surface area (Å²) in [6.07, 6.45) is 3.20. The maximum Gasteiger partial charge on any atom is 0.257 e. The number of carbonyl (C=O) groups is 1. The minimum Gasteiger partial charge on any atom is -0.495 e. The molecule has 5 nitrogen and oxygen atoms in total. The van der Waals surface area contributed by atoms with Gasteiger partial charge in [-0.25, -0.2) is 0 Å². The molecule has 2 N–H and O–H groups in total. The molecule has 0 bridgehead atoms. The standard InChI is InChI=1S/C20H19N3O2/c1-14-6-5-7-16(10-14)23-20(24)15-11-17(13-21-12-15)22-18-8-3-4-9-19(18)25-2/h3-13,22H,1-2H3,(H,23,24). The molecule has 1 amide bonds. The lowest BCUT2D eigenvalue weighted by atomic mass is 10.2. The van der Waals surface area contributed by atoms with Crippen LogP contribution in [0.4, 0.5) is 17.1 Å². The summed E-state index contributed by atoms with van der Waals surface area (Å²) in [7, 11) is 1.62. The molecule has 0 aliphatic carbocycles. The first-order valence-electron chi connectivity index (χ1n) is 7.89. The van der Waals surface area contributed by atoms with Gasteiger partial charge >= 0.3 is 0 Å². The van der Waals surface area contributed by atoms with Gasteiger partial charge in [0.15, 0.2) is 0 Å². The molecule has 0 unspecified atom stereocenters. The molecule has 3 rings (SSSR count). The summed E-state index contributed by atoms with van der Waals surface area (Å²) in [6.45, 7) is 1.98. The van der Waals surface area contributed by atoms with E-state index in [1.54, 1.807) is 25.6 Å². The van der Waals surface area contributed by atoms with E-state index in [0.29, 0.717) is 11.3 Å². The molecule has 5 heteroatoms. The van der Waals surface area contributed by atoms with Gasteiger partial charge in [-0.15, -0.1) is 0 Å². The average molecular weight is 333 g/mol. The van der Waals surface area contributed by atoms with Gasteiger partial charge in [-0.05, 0) is 42.8 Å². The zero-order valence-electron chi connectivity index (χ0n) is 14.1. The third-order valence-electron chi connectivity index (χ3n) is 3.66. The van der Waals surface area contributed by atoms with E-state index < -0.39 is 0 Å². The van der Waals surface area contributed by atoms with E-state index in [1.807, 2.05) is 55.5 Å². The van der Waals surface area contributed by atoms with Crippen LogP contribution >= 0.6 is 0 Å². The molecule has 1 aromatic heterocycles. The Balaban J connectivity index is 1.78. The number of rotatable bonds is 5. The molecule has 1 heterocycles. The summed E-state index contributed by atoms with van der Waals surface area (Å²) in [6, 6.07) is 17.0. The van der Waals surface area contributed by atoms with Gasteiger partial charge in [-0.2, -0.15) is 0 Å². The number of aromatic nitrogens is 1. The van der Waals surface area contributed by atoms with Crippen molar-refractivity contribution in [2.75, 3.05) is 17.7 Å². The van der Waals surface area contributed by atoms with Gasteiger partial charge in [-0.1, -0.05) is 24.3 Å². The number of aryl methyl sites for hydroxylation is 1. The fourth-order valence-electron chi connectivity index (χ4n) is 2.46. The molecule has 0 fully saturated rings. The summed E-state index contributed by atoms with van der Waals surface area (Å²) < 4.78 is 5.32. The van der Waals surface area contributed by atoms with Crippen molar-refractivity contribution in [3.05, 3.63) is 78.1 Å². The Labute approximate surface area is 146 Å². The van der Waals surface area contributed by atoms with E-state index in [9.17, 15) is 4.79 Å². The molecule has 0 saturated carbocycles. The van der Waals surface area contributed by atoms with Crippen LogP contribution in [0.15, 0.2) is 67.0 Å². The Morgan fingerprint density at radius 1 is 1.00 bits per heavy atom. The van der Waals surface area contributed by atoms with Crippen LogP contribution in [0.25, 0.3) is 0 Å². The number of pyridine rings is 1. The normalized spacial score (nSPS) is 10.2. The molecule has 0 aliphatic rings. The molecule has 0 saturated heterocycles. The van der Waals surface area contributed by atoms with Crippen LogP contribution < -0.4 is 15.4 Å². The lowest BCUT2D eigenvalue weighted by Crippen LogP contribution is -2.12. The molecule has 25 heavy (non-hydrogen) atoms. The molecular formula is C20H19N3O2. The second-order valence-corrected chi connectivity index (χ2v) is 5.61. The fraction of sp³-hybridized carbons (Fsp3) is 0.100. The van der Waals surface area contributed by atoms with Crippen molar-refractivity contribution in [2.24, 2.45) is 0 Å². The first kappa shape index (κ1) is 16.5. The van der Waals surface area contributed by atoms with Crippen molar-refractivity contribution >= 4 is 23.0 Å². The van der Waals surface area contributed by atoms with Gasteiger partial charge in [0.2, 0.25) is 0 Å². The minimum absolute atomic E-state index is 0.207. The first-order valence-corrected chi connectivity index (χ1v) is 7.89. The summed E-state index contributed by atoms with van der Waals surface area (Å²) in [4.78, 5) is 16.6. The third kappa shape index (κ3) is 4.14. The number of amides is 1. The number of nitrogens with zero attached hydrogens (tertiary/aromatic N) is 1. The van der Waals surface area contributed by atoms with Gasteiger partial charge in [0.1, 0.15) is 5.75 Å². The van der Waals surface area contributed by atoms with Gasteiger partial charge in [0, 0.05) is 11.9 Å². The summed E-state index contributed by atoms with van der Waals surface area (Å²) in [5.41, 5.74) is 3.83. The van der Waals surface area contributed by atoms with Crippen molar-refractivity contribution in [2.45, 2.75) is 6.92 Å². The largest absolute Gasteiger partial charge is 0.495 e. The fourth-order valence-corrected chi connectivity index (χ4v) is 2.46. The number of carbonyl (C=O) groups excluding carboxylic acids is 1. The number of benzene rings is 2. The van der Waals surface area contributed by atoms with Crippen molar-refractivity contribution in [1.82, 2.24) is 4.98 Å². The summed E-state index contributed by atoms with van der Waals surface area (Å²) in [5, 5.41) is 6.11. The van der Waals surface area contributed by atoms with E-state index in [0.717, 1.165) is 22.7 Å². The second kappa shape index (κ2) is 7.49. The smallest absolute Gasteiger partial charge is 0.257 e. The van der Waals surface area contributed by atoms with Crippen LogP contribution in [0.5, 0.6) is 5.75 Å². The Morgan fingerprint density at radius 3 is 2.64 bits per heavy atom. The lowest BCUT2D eigenvalue weighted by Gasteiger charge is -2.11. The Kier molecular flexibility index (Phi) is 4.95. The molecular weight excluding hydrogens is 314 g/mol. The van der Waals surface area contributed by atoms with Gasteiger partial charge in [0.25, 0.3) is 5.91 Å². The topological polar surface area (TPSA) is 63.2 Å². The highest BCUT2D eigenvalue weighted by Crippen LogP contribution is 2.27. The van der Waals surface area contributed by atoms with Crippen LogP contribution in [0.1, 0.15) is 15.9 Å². The van der Waals surface area contributed by atoms with Crippen molar-refractivity contribution in [3.63, 3.8) is 0 Å². The van der Waals surface area contributed by atoms with Crippen molar-refractivity contribution in [3.8, 4) is 5.75 Å². The number of ether oxygens (including phenoxy) is 1. The third-order valence-corrected chi connectivity index (χ3v) is 3.66. The van der Waals surface area contributed by atoms with Gasteiger partial charge < -0.3 is 15.4 Å². The van der Waals surface area contributed by atoms with E-state index >= 15 is 0 Å². The SMILES string of the molecule is COc1ccccc1Nc1cncc(C(=O)Nc2cccc(C)c2)c1. The molecule has 126 valence electrons. The van der Waals surface area contributed by atoms with E-state index in [-0.39, 0.29) is 5.91 Å². The van der Waals surface area contributed by atoms with E-state index in [2.05, 4.69) is 15.6 Å². The lowest BCUT2D eigenvalue weighted by molar-refractivity contribution is 0.102. The number of anilines is 3.